The smallest absolute Gasteiger partial charge is 0.233 e. The molecule has 0 aliphatic carbocycles. The molecule has 0 aromatic carbocycles. The third-order valence-electron chi connectivity index (χ3n) is 4.34. The van der Waals surface area contributed by atoms with E-state index in [1.807, 2.05) is 11.1 Å². The van der Waals surface area contributed by atoms with Gasteiger partial charge < -0.3 is 14.6 Å². The molecule has 0 bridgehead atoms. The van der Waals surface area contributed by atoms with E-state index in [1.165, 1.54) is 0 Å². The van der Waals surface area contributed by atoms with E-state index in [1.54, 1.807) is 6.20 Å². The zero-order valence-electron chi connectivity index (χ0n) is 11.2. The maximum Gasteiger partial charge on any atom is 0.233 e. The minimum absolute atomic E-state index is 0.0822. The highest BCUT2D eigenvalue weighted by Crippen LogP contribution is 2.29. The minimum atomic E-state index is -0.0822. The van der Waals surface area contributed by atoms with Gasteiger partial charge in [0.2, 0.25) is 5.91 Å². The Balaban J connectivity index is 1.74. The second-order valence-electron chi connectivity index (χ2n) is 5.65. The second kappa shape index (κ2) is 5.33. The largest absolute Gasteiger partial charge is 0.396 e. The standard InChI is InChI=1S/C14H21N3O2/c18-10-11-3-1-7-17(9-11)14(19)12-4-2-6-16-8-5-15-13(12)16/h5,8,11-12,18H,1-4,6-7,9-10H2. The van der Waals surface area contributed by atoms with E-state index in [-0.39, 0.29) is 24.3 Å². The van der Waals surface area contributed by atoms with E-state index in [9.17, 15) is 9.90 Å². The quantitative estimate of drug-likeness (QED) is 0.865. The molecule has 2 aliphatic heterocycles. The van der Waals surface area contributed by atoms with Crippen LogP contribution in [0.2, 0.25) is 0 Å². The summed E-state index contributed by atoms with van der Waals surface area (Å²) in [7, 11) is 0. The van der Waals surface area contributed by atoms with Gasteiger partial charge in [0.25, 0.3) is 0 Å². The van der Waals surface area contributed by atoms with Crippen LogP contribution in [0.15, 0.2) is 12.4 Å². The maximum absolute atomic E-state index is 12.7. The number of hydrogen-bond donors (Lipinski definition) is 1. The number of carbonyl (C=O) groups excluding carboxylic acids is 1. The molecule has 1 aromatic rings. The van der Waals surface area contributed by atoms with Crippen molar-refractivity contribution in [3.63, 3.8) is 0 Å². The average molecular weight is 263 g/mol. The highest BCUT2D eigenvalue weighted by molar-refractivity contribution is 5.83. The summed E-state index contributed by atoms with van der Waals surface area (Å²) in [6, 6.07) is 0. The second-order valence-corrected chi connectivity index (χ2v) is 5.65. The molecular weight excluding hydrogens is 242 g/mol. The Morgan fingerprint density at radius 1 is 1.37 bits per heavy atom. The Labute approximate surface area is 113 Å². The molecule has 3 rings (SSSR count). The van der Waals surface area contributed by atoms with E-state index < -0.39 is 0 Å². The van der Waals surface area contributed by atoms with Crippen molar-refractivity contribution in [1.82, 2.24) is 14.5 Å². The van der Waals surface area contributed by atoms with Crippen LogP contribution in [-0.4, -0.2) is 45.2 Å². The van der Waals surface area contributed by atoms with Gasteiger partial charge in [-0.2, -0.15) is 0 Å². The van der Waals surface area contributed by atoms with Crippen molar-refractivity contribution < 1.29 is 9.90 Å². The lowest BCUT2D eigenvalue weighted by atomic mass is 9.93. The van der Waals surface area contributed by atoms with Crippen LogP contribution in [-0.2, 0) is 11.3 Å². The molecule has 5 heteroatoms. The summed E-state index contributed by atoms with van der Waals surface area (Å²) in [6.45, 7) is 2.68. The molecule has 19 heavy (non-hydrogen) atoms. The molecule has 3 heterocycles. The predicted molar refractivity (Wildman–Crippen MR) is 70.6 cm³/mol. The van der Waals surface area contributed by atoms with Crippen molar-refractivity contribution in [2.24, 2.45) is 5.92 Å². The molecule has 5 nitrogen and oxygen atoms in total. The highest BCUT2D eigenvalue weighted by atomic mass is 16.3. The molecule has 1 amide bonds. The van der Waals surface area contributed by atoms with Gasteiger partial charge in [-0.15, -0.1) is 0 Å². The maximum atomic E-state index is 12.7. The molecule has 104 valence electrons. The van der Waals surface area contributed by atoms with Crippen LogP contribution >= 0.6 is 0 Å². The first-order chi connectivity index (χ1) is 9.29. The Bertz CT molecular complexity index is 457. The normalized spacial score (nSPS) is 27.1. The van der Waals surface area contributed by atoms with Crippen LogP contribution in [0.3, 0.4) is 0 Å². The van der Waals surface area contributed by atoms with E-state index in [0.29, 0.717) is 6.54 Å². The van der Waals surface area contributed by atoms with Crippen molar-refractivity contribution in [2.75, 3.05) is 19.7 Å². The number of likely N-dealkylation sites (tertiary alicyclic amines) is 1. The number of nitrogens with zero attached hydrogens (tertiary/aromatic N) is 3. The Kier molecular flexibility index (Phi) is 3.55. The van der Waals surface area contributed by atoms with Crippen molar-refractivity contribution in [2.45, 2.75) is 38.1 Å². The number of amides is 1. The molecule has 0 radical (unpaired) electrons. The molecule has 2 aliphatic rings. The zero-order chi connectivity index (χ0) is 13.2. The average Bonchev–Trinajstić information content (AvgIpc) is 2.95. The third kappa shape index (κ3) is 2.39. The molecule has 1 aromatic heterocycles. The van der Waals surface area contributed by atoms with Crippen LogP contribution in [0.4, 0.5) is 0 Å². The molecule has 1 saturated heterocycles. The molecule has 2 atom stereocenters. The predicted octanol–water partition coefficient (Wildman–Crippen LogP) is 0.991. The third-order valence-corrected chi connectivity index (χ3v) is 4.34. The lowest BCUT2D eigenvalue weighted by Crippen LogP contribution is -2.44. The number of aryl methyl sites for hydroxylation is 1. The molecule has 0 saturated carbocycles. The number of imidazole rings is 1. The van der Waals surface area contributed by atoms with Crippen LogP contribution in [0, 0.1) is 5.92 Å². The highest BCUT2D eigenvalue weighted by Gasteiger charge is 2.33. The lowest BCUT2D eigenvalue weighted by Gasteiger charge is -2.35. The van der Waals surface area contributed by atoms with Crippen molar-refractivity contribution in [1.29, 1.82) is 0 Å². The number of piperidine rings is 1. The fourth-order valence-electron chi connectivity index (χ4n) is 3.28. The first-order valence-corrected chi connectivity index (χ1v) is 7.20. The fourth-order valence-corrected chi connectivity index (χ4v) is 3.28. The fraction of sp³-hybridized carbons (Fsp3) is 0.714. The van der Waals surface area contributed by atoms with Gasteiger partial charge >= 0.3 is 0 Å². The summed E-state index contributed by atoms with van der Waals surface area (Å²) in [5, 5.41) is 9.27. The Hall–Kier alpha value is -1.36. The minimum Gasteiger partial charge on any atom is -0.396 e. The van der Waals surface area contributed by atoms with Gasteiger partial charge in [0.05, 0.1) is 5.92 Å². The number of aromatic nitrogens is 2. The lowest BCUT2D eigenvalue weighted by molar-refractivity contribution is -0.135. The van der Waals surface area contributed by atoms with E-state index >= 15 is 0 Å². The van der Waals surface area contributed by atoms with Crippen LogP contribution < -0.4 is 0 Å². The first kappa shape index (κ1) is 12.7. The number of hydrogen-bond acceptors (Lipinski definition) is 3. The summed E-state index contributed by atoms with van der Waals surface area (Å²) >= 11 is 0. The summed E-state index contributed by atoms with van der Waals surface area (Å²) < 4.78 is 2.10. The Morgan fingerprint density at radius 2 is 2.21 bits per heavy atom. The van der Waals surface area contributed by atoms with Gasteiger partial charge in [-0.1, -0.05) is 0 Å². The van der Waals surface area contributed by atoms with Crippen LogP contribution in [0.25, 0.3) is 0 Å². The van der Waals surface area contributed by atoms with Crippen LogP contribution in [0.5, 0.6) is 0 Å². The molecule has 1 N–H and O–H groups in total. The van der Waals surface area contributed by atoms with E-state index in [4.69, 9.17) is 0 Å². The Morgan fingerprint density at radius 3 is 3.05 bits per heavy atom. The zero-order valence-corrected chi connectivity index (χ0v) is 11.2. The number of fused-ring (bicyclic) bond motifs is 1. The molecule has 1 fully saturated rings. The number of carbonyl (C=O) groups is 1. The number of aliphatic hydroxyl groups excluding tert-OH is 1. The van der Waals surface area contributed by atoms with Gasteiger partial charge in [0, 0.05) is 38.6 Å². The van der Waals surface area contributed by atoms with E-state index in [0.717, 1.165) is 44.6 Å². The van der Waals surface area contributed by atoms with Crippen LogP contribution in [0.1, 0.15) is 37.4 Å². The summed E-state index contributed by atoms with van der Waals surface area (Å²) in [5.41, 5.74) is 0. The summed E-state index contributed by atoms with van der Waals surface area (Å²) in [6.07, 6.45) is 7.71. The summed E-state index contributed by atoms with van der Waals surface area (Å²) in [5.74, 6) is 1.29. The SMILES string of the molecule is O=C(C1CCCn2ccnc21)N1CCCC(CO)C1. The van der Waals surface area contributed by atoms with Crippen molar-refractivity contribution in [3.8, 4) is 0 Å². The monoisotopic (exact) mass is 263 g/mol. The first-order valence-electron chi connectivity index (χ1n) is 7.20. The van der Waals surface area contributed by atoms with Gasteiger partial charge in [-0.3, -0.25) is 4.79 Å². The summed E-state index contributed by atoms with van der Waals surface area (Å²) in [4.78, 5) is 19.0. The number of rotatable bonds is 2. The number of aliphatic hydroxyl groups is 1. The van der Waals surface area contributed by atoms with Gasteiger partial charge in [-0.25, -0.2) is 4.98 Å². The van der Waals surface area contributed by atoms with E-state index in [2.05, 4.69) is 9.55 Å². The van der Waals surface area contributed by atoms with Gasteiger partial charge in [-0.05, 0) is 31.6 Å². The molecule has 0 spiro atoms. The molecular formula is C14H21N3O2. The van der Waals surface area contributed by atoms with Crippen molar-refractivity contribution >= 4 is 5.91 Å². The van der Waals surface area contributed by atoms with Gasteiger partial charge in [0.15, 0.2) is 0 Å². The van der Waals surface area contributed by atoms with Crippen molar-refractivity contribution in [3.05, 3.63) is 18.2 Å². The van der Waals surface area contributed by atoms with Gasteiger partial charge in [0.1, 0.15) is 5.82 Å². The molecule has 2 unspecified atom stereocenters. The topological polar surface area (TPSA) is 58.4 Å².